The Balaban J connectivity index is 1.88. The standard InChI is InChI=1S/C18H15NOS/c20-18-16(9-14-5-2-1-3-6-14)12-21-13-17(18)10-15-7-4-8-19-11-15/h1-11H,12-13H2. The van der Waals surface area contributed by atoms with E-state index in [1.807, 2.05) is 54.6 Å². The molecule has 2 nitrogen and oxygen atoms in total. The van der Waals surface area contributed by atoms with E-state index in [1.54, 1.807) is 24.2 Å². The molecule has 0 unspecified atom stereocenters. The van der Waals surface area contributed by atoms with E-state index in [0.29, 0.717) is 0 Å². The average molecular weight is 293 g/mol. The van der Waals surface area contributed by atoms with E-state index in [9.17, 15) is 4.79 Å². The maximum absolute atomic E-state index is 12.6. The summed E-state index contributed by atoms with van der Waals surface area (Å²) in [5.74, 6) is 1.69. The number of pyridine rings is 1. The van der Waals surface area contributed by atoms with Gasteiger partial charge in [0.1, 0.15) is 0 Å². The normalized spacial score (nSPS) is 19.1. The first-order chi connectivity index (χ1) is 10.3. The summed E-state index contributed by atoms with van der Waals surface area (Å²) in [5, 5.41) is 0. The molecule has 1 saturated heterocycles. The zero-order valence-electron chi connectivity index (χ0n) is 11.5. The van der Waals surface area contributed by atoms with Crippen molar-refractivity contribution in [3.05, 3.63) is 77.1 Å². The average Bonchev–Trinajstić information content (AvgIpc) is 2.53. The Kier molecular flexibility index (Phi) is 4.31. The second-order valence-corrected chi connectivity index (χ2v) is 5.84. The monoisotopic (exact) mass is 293 g/mol. The molecule has 1 aliphatic heterocycles. The molecule has 1 aromatic carbocycles. The summed E-state index contributed by atoms with van der Waals surface area (Å²) in [6.07, 6.45) is 7.45. The maximum Gasteiger partial charge on any atom is 0.186 e. The Hall–Kier alpha value is -2.13. The molecule has 0 bridgehead atoms. The highest BCUT2D eigenvalue weighted by atomic mass is 32.2. The van der Waals surface area contributed by atoms with Crippen LogP contribution in [-0.2, 0) is 4.79 Å². The van der Waals surface area contributed by atoms with Gasteiger partial charge in [0.05, 0.1) is 0 Å². The van der Waals surface area contributed by atoms with Gasteiger partial charge in [0.2, 0.25) is 0 Å². The molecule has 0 amide bonds. The Morgan fingerprint density at radius 1 is 0.905 bits per heavy atom. The quantitative estimate of drug-likeness (QED) is 0.787. The summed E-state index contributed by atoms with van der Waals surface area (Å²) in [5.41, 5.74) is 3.76. The molecule has 21 heavy (non-hydrogen) atoms. The Bertz CT molecular complexity index is 630. The van der Waals surface area contributed by atoms with Crippen LogP contribution in [0.4, 0.5) is 0 Å². The lowest BCUT2D eigenvalue weighted by molar-refractivity contribution is -0.112. The van der Waals surface area contributed by atoms with Crippen molar-refractivity contribution in [2.75, 3.05) is 11.5 Å². The maximum atomic E-state index is 12.6. The zero-order chi connectivity index (χ0) is 14.5. The number of thioether (sulfide) groups is 1. The lowest BCUT2D eigenvalue weighted by atomic mass is 10.0. The predicted molar refractivity (Wildman–Crippen MR) is 89.0 cm³/mol. The fraction of sp³-hybridized carbons (Fsp3) is 0.111. The number of aromatic nitrogens is 1. The van der Waals surface area contributed by atoms with Crippen LogP contribution in [-0.4, -0.2) is 22.3 Å². The molecule has 2 aromatic rings. The number of nitrogens with zero attached hydrogens (tertiary/aromatic N) is 1. The van der Waals surface area contributed by atoms with E-state index < -0.39 is 0 Å². The van der Waals surface area contributed by atoms with Crippen LogP contribution in [0.2, 0.25) is 0 Å². The van der Waals surface area contributed by atoms with Crippen LogP contribution >= 0.6 is 11.8 Å². The minimum absolute atomic E-state index is 0.154. The smallest absolute Gasteiger partial charge is 0.186 e. The molecular weight excluding hydrogens is 278 g/mol. The summed E-state index contributed by atoms with van der Waals surface area (Å²) < 4.78 is 0. The molecule has 1 aliphatic rings. The third kappa shape index (κ3) is 3.50. The van der Waals surface area contributed by atoms with Crippen molar-refractivity contribution >= 4 is 29.7 Å². The summed E-state index contributed by atoms with van der Waals surface area (Å²) in [4.78, 5) is 16.6. The lowest BCUT2D eigenvalue weighted by Gasteiger charge is -2.16. The number of rotatable bonds is 2. The van der Waals surface area contributed by atoms with Gasteiger partial charge < -0.3 is 0 Å². The van der Waals surface area contributed by atoms with Crippen molar-refractivity contribution in [2.45, 2.75) is 0 Å². The van der Waals surface area contributed by atoms with Crippen LogP contribution in [0.1, 0.15) is 11.1 Å². The highest BCUT2D eigenvalue weighted by Crippen LogP contribution is 2.26. The molecule has 3 rings (SSSR count). The molecule has 0 saturated carbocycles. The molecule has 3 heteroatoms. The summed E-state index contributed by atoms with van der Waals surface area (Å²) >= 11 is 1.78. The van der Waals surface area contributed by atoms with Crippen molar-refractivity contribution in [1.82, 2.24) is 4.98 Å². The van der Waals surface area contributed by atoms with Gasteiger partial charge in [-0.2, -0.15) is 11.8 Å². The van der Waals surface area contributed by atoms with Gasteiger partial charge in [-0.1, -0.05) is 36.4 Å². The first kappa shape index (κ1) is 13.8. The van der Waals surface area contributed by atoms with Gasteiger partial charge in [-0.05, 0) is 29.3 Å². The molecule has 0 aliphatic carbocycles. The molecule has 2 heterocycles. The Morgan fingerprint density at radius 2 is 1.57 bits per heavy atom. The minimum Gasteiger partial charge on any atom is -0.289 e. The lowest BCUT2D eigenvalue weighted by Crippen LogP contribution is -2.16. The van der Waals surface area contributed by atoms with Crippen LogP contribution < -0.4 is 0 Å². The fourth-order valence-corrected chi connectivity index (χ4v) is 3.21. The number of benzene rings is 1. The second kappa shape index (κ2) is 6.55. The van der Waals surface area contributed by atoms with E-state index in [1.165, 1.54) is 0 Å². The fourth-order valence-electron chi connectivity index (χ4n) is 2.24. The van der Waals surface area contributed by atoms with Crippen LogP contribution in [0.15, 0.2) is 66.0 Å². The molecular formula is C18H15NOS. The van der Waals surface area contributed by atoms with Crippen LogP contribution in [0.3, 0.4) is 0 Å². The third-order valence-corrected chi connectivity index (χ3v) is 4.29. The number of hydrogen-bond donors (Lipinski definition) is 0. The zero-order valence-corrected chi connectivity index (χ0v) is 12.3. The highest BCUT2D eigenvalue weighted by Gasteiger charge is 2.20. The SMILES string of the molecule is O=C1C(=Cc2ccccc2)CSCC1=Cc1cccnc1. The van der Waals surface area contributed by atoms with Gasteiger partial charge >= 0.3 is 0 Å². The molecule has 0 atom stereocenters. The van der Waals surface area contributed by atoms with E-state index >= 15 is 0 Å². The van der Waals surface area contributed by atoms with Crippen LogP contribution in [0.5, 0.6) is 0 Å². The van der Waals surface area contributed by atoms with Gasteiger partial charge in [-0.25, -0.2) is 0 Å². The predicted octanol–water partition coefficient (Wildman–Crippen LogP) is 3.86. The molecule has 1 aromatic heterocycles. The largest absolute Gasteiger partial charge is 0.289 e. The number of carbonyl (C=O) groups is 1. The van der Waals surface area contributed by atoms with Gasteiger partial charge in [-0.3, -0.25) is 9.78 Å². The van der Waals surface area contributed by atoms with Gasteiger partial charge in [0.25, 0.3) is 0 Å². The van der Waals surface area contributed by atoms with Crippen molar-refractivity contribution in [1.29, 1.82) is 0 Å². The van der Waals surface area contributed by atoms with Crippen molar-refractivity contribution in [3.63, 3.8) is 0 Å². The van der Waals surface area contributed by atoms with Crippen molar-refractivity contribution in [3.8, 4) is 0 Å². The number of hydrogen-bond acceptors (Lipinski definition) is 3. The summed E-state index contributed by atoms with van der Waals surface area (Å²) in [6.45, 7) is 0. The molecule has 1 fully saturated rings. The van der Waals surface area contributed by atoms with E-state index in [4.69, 9.17) is 0 Å². The number of ketones is 1. The molecule has 0 radical (unpaired) electrons. The second-order valence-electron chi connectivity index (χ2n) is 4.86. The van der Waals surface area contributed by atoms with Gasteiger partial charge in [0, 0.05) is 35.0 Å². The minimum atomic E-state index is 0.154. The Morgan fingerprint density at radius 3 is 2.24 bits per heavy atom. The van der Waals surface area contributed by atoms with E-state index in [2.05, 4.69) is 4.98 Å². The van der Waals surface area contributed by atoms with E-state index in [0.717, 1.165) is 33.8 Å². The van der Waals surface area contributed by atoms with Gasteiger partial charge in [0.15, 0.2) is 5.78 Å². The third-order valence-electron chi connectivity index (χ3n) is 3.26. The number of Topliss-reactive ketones (excluding diaryl/α,β-unsaturated/α-hetero) is 1. The summed E-state index contributed by atoms with van der Waals surface area (Å²) in [6, 6.07) is 13.8. The number of carbonyl (C=O) groups excluding carboxylic acids is 1. The first-order valence-corrected chi connectivity index (χ1v) is 7.97. The summed E-state index contributed by atoms with van der Waals surface area (Å²) in [7, 11) is 0. The topological polar surface area (TPSA) is 30.0 Å². The van der Waals surface area contributed by atoms with Gasteiger partial charge in [-0.15, -0.1) is 0 Å². The highest BCUT2D eigenvalue weighted by molar-refractivity contribution is 7.99. The molecule has 104 valence electrons. The van der Waals surface area contributed by atoms with E-state index in [-0.39, 0.29) is 5.78 Å². The van der Waals surface area contributed by atoms with Crippen molar-refractivity contribution < 1.29 is 4.79 Å². The van der Waals surface area contributed by atoms with Crippen molar-refractivity contribution in [2.24, 2.45) is 0 Å². The Labute approximate surface area is 128 Å². The van der Waals surface area contributed by atoms with Crippen LogP contribution in [0, 0.1) is 0 Å². The van der Waals surface area contributed by atoms with Crippen LogP contribution in [0.25, 0.3) is 12.2 Å². The molecule has 0 spiro atoms. The first-order valence-electron chi connectivity index (χ1n) is 6.81. The molecule has 0 N–H and O–H groups in total.